The summed E-state index contributed by atoms with van der Waals surface area (Å²) in [6.45, 7) is 3.59. The molecule has 0 spiro atoms. The number of rotatable bonds is 6. The third-order valence-electron chi connectivity index (χ3n) is 2.37. The highest BCUT2D eigenvalue weighted by molar-refractivity contribution is 6.20. The Balaban J connectivity index is 2.53. The molecule has 1 unspecified atom stereocenters. The van der Waals surface area contributed by atoms with Crippen molar-refractivity contribution in [3.05, 3.63) is 35.4 Å². The Morgan fingerprint density at radius 3 is 2.69 bits per heavy atom. The Hall–Kier alpha value is -1.04. The molecule has 0 aliphatic carbocycles. The van der Waals surface area contributed by atoms with E-state index in [0.29, 0.717) is 6.42 Å². The topological polar surface area (TPSA) is 35.8 Å². The van der Waals surface area contributed by atoms with E-state index in [1.807, 2.05) is 19.1 Å². The van der Waals surface area contributed by atoms with E-state index in [4.69, 9.17) is 16.9 Å². The summed E-state index contributed by atoms with van der Waals surface area (Å²) in [6, 6.07) is 10.4. The van der Waals surface area contributed by atoms with Crippen molar-refractivity contribution in [3.8, 4) is 6.07 Å². The van der Waals surface area contributed by atoms with Gasteiger partial charge < -0.3 is 5.32 Å². The van der Waals surface area contributed by atoms with Gasteiger partial charge in [-0.25, -0.2) is 0 Å². The highest BCUT2D eigenvalue weighted by Crippen LogP contribution is 2.10. The van der Waals surface area contributed by atoms with Crippen LogP contribution in [0.3, 0.4) is 0 Å². The average Bonchev–Trinajstić information content (AvgIpc) is 2.27. The van der Waals surface area contributed by atoms with Crippen molar-refractivity contribution >= 4 is 11.6 Å². The standard InChI is InChI=1S/C13H17ClN2/c1-11(14)9-16-10-13-6-3-2-5-12(13)7-4-8-15/h2-3,5-6,11,16H,4,7,9-10H2,1H3. The molecular formula is C13H17ClN2. The number of hydrogen-bond acceptors (Lipinski definition) is 2. The third kappa shape index (κ3) is 4.65. The molecule has 1 atom stereocenters. The fourth-order valence-electron chi connectivity index (χ4n) is 1.57. The summed E-state index contributed by atoms with van der Waals surface area (Å²) >= 11 is 5.86. The smallest absolute Gasteiger partial charge is 0.0625 e. The molecule has 0 amide bonds. The first-order chi connectivity index (χ1) is 7.74. The Morgan fingerprint density at radius 2 is 2.06 bits per heavy atom. The van der Waals surface area contributed by atoms with Crippen LogP contribution in [-0.2, 0) is 13.0 Å². The first-order valence-corrected chi connectivity index (χ1v) is 5.96. The van der Waals surface area contributed by atoms with Crippen LogP contribution in [0, 0.1) is 11.3 Å². The van der Waals surface area contributed by atoms with Gasteiger partial charge in [0.25, 0.3) is 0 Å². The predicted octanol–water partition coefficient (Wildman–Crippen LogP) is 2.86. The lowest BCUT2D eigenvalue weighted by atomic mass is 10.0. The van der Waals surface area contributed by atoms with Crippen molar-refractivity contribution in [2.75, 3.05) is 6.54 Å². The Kier molecular flexibility index (Phi) is 5.92. The highest BCUT2D eigenvalue weighted by atomic mass is 35.5. The SMILES string of the molecule is CC(Cl)CNCc1ccccc1CCC#N. The first kappa shape index (κ1) is 13.0. The second-order valence-electron chi connectivity index (χ2n) is 3.84. The fraction of sp³-hybridized carbons (Fsp3) is 0.462. The van der Waals surface area contributed by atoms with E-state index >= 15 is 0 Å². The summed E-state index contributed by atoms with van der Waals surface area (Å²) in [4.78, 5) is 0. The van der Waals surface area contributed by atoms with E-state index < -0.39 is 0 Å². The minimum absolute atomic E-state index is 0.145. The van der Waals surface area contributed by atoms with E-state index in [1.54, 1.807) is 0 Å². The highest BCUT2D eigenvalue weighted by Gasteiger charge is 2.02. The number of alkyl halides is 1. The second kappa shape index (κ2) is 7.27. The zero-order chi connectivity index (χ0) is 11.8. The van der Waals surface area contributed by atoms with Gasteiger partial charge in [-0.2, -0.15) is 5.26 Å². The van der Waals surface area contributed by atoms with Gasteiger partial charge in [0.15, 0.2) is 0 Å². The van der Waals surface area contributed by atoms with Crippen molar-refractivity contribution in [3.63, 3.8) is 0 Å². The van der Waals surface area contributed by atoms with Gasteiger partial charge in [0, 0.05) is 24.9 Å². The van der Waals surface area contributed by atoms with E-state index in [-0.39, 0.29) is 5.38 Å². The van der Waals surface area contributed by atoms with Gasteiger partial charge in [0.1, 0.15) is 0 Å². The van der Waals surface area contributed by atoms with Crippen LogP contribution in [0.25, 0.3) is 0 Å². The minimum atomic E-state index is 0.145. The number of halogens is 1. The second-order valence-corrected chi connectivity index (χ2v) is 4.58. The molecule has 2 nitrogen and oxygen atoms in total. The molecule has 0 saturated heterocycles. The first-order valence-electron chi connectivity index (χ1n) is 5.52. The van der Waals surface area contributed by atoms with Gasteiger partial charge >= 0.3 is 0 Å². The quantitative estimate of drug-likeness (QED) is 0.771. The van der Waals surface area contributed by atoms with Crippen molar-refractivity contribution in [1.82, 2.24) is 5.32 Å². The molecule has 1 aromatic rings. The maximum atomic E-state index is 8.58. The molecular weight excluding hydrogens is 220 g/mol. The maximum Gasteiger partial charge on any atom is 0.0625 e. The molecule has 86 valence electrons. The lowest BCUT2D eigenvalue weighted by molar-refractivity contribution is 0.675. The average molecular weight is 237 g/mol. The maximum absolute atomic E-state index is 8.58. The molecule has 0 radical (unpaired) electrons. The van der Waals surface area contributed by atoms with Crippen LogP contribution in [0.15, 0.2) is 24.3 Å². The van der Waals surface area contributed by atoms with Crippen LogP contribution >= 0.6 is 11.6 Å². The lowest BCUT2D eigenvalue weighted by Gasteiger charge is -2.10. The normalized spacial score (nSPS) is 12.1. The zero-order valence-corrected chi connectivity index (χ0v) is 10.3. The van der Waals surface area contributed by atoms with Crippen molar-refractivity contribution in [2.45, 2.75) is 31.7 Å². The number of nitrogens with one attached hydrogen (secondary N) is 1. The van der Waals surface area contributed by atoms with Crippen LogP contribution in [0.1, 0.15) is 24.5 Å². The van der Waals surface area contributed by atoms with Crippen molar-refractivity contribution < 1.29 is 0 Å². The lowest BCUT2D eigenvalue weighted by Crippen LogP contribution is -2.21. The predicted molar refractivity (Wildman–Crippen MR) is 67.4 cm³/mol. The van der Waals surface area contributed by atoms with Gasteiger partial charge in [-0.15, -0.1) is 11.6 Å². The molecule has 1 rings (SSSR count). The monoisotopic (exact) mass is 236 g/mol. The molecule has 1 N–H and O–H groups in total. The summed E-state index contributed by atoms with van der Waals surface area (Å²) in [5.41, 5.74) is 2.51. The Bertz CT molecular complexity index is 355. The van der Waals surface area contributed by atoms with Crippen LogP contribution in [0.4, 0.5) is 0 Å². The molecule has 0 bridgehead atoms. The van der Waals surface area contributed by atoms with E-state index in [9.17, 15) is 0 Å². The Morgan fingerprint density at radius 1 is 1.38 bits per heavy atom. The molecule has 1 aromatic carbocycles. The summed E-state index contributed by atoms with van der Waals surface area (Å²) in [7, 11) is 0. The molecule has 0 aliphatic rings. The summed E-state index contributed by atoms with van der Waals surface area (Å²) in [5.74, 6) is 0. The molecule has 0 saturated carbocycles. The van der Waals surface area contributed by atoms with Crippen LogP contribution in [0.2, 0.25) is 0 Å². The van der Waals surface area contributed by atoms with Crippen molar-refractivity contribution in [2.24, 2.45) is 0 Å². The van der Waals surface area contributed by atoms with Gasteiger partial charge in [-0.05, 0) is 24.5 Å². The molecule has 16 heavy (non-hydrogen) atoms. The van der Waals surface area contributed by atoms with Gasteiger partial charge in [-0.1, -0.05) is 24.3 Å². The molecule has 0 aromatic heterocycles. The van der Waals surface area contributed by atoms with Crippen LogP contribution < -0.4 is 5.32 Å². The number of benzene rings is 1. The molecule has 0 fully saturated rings. The van der Waals surface area contributed by atoms with Crippen LogP contribution in [0.5, 0.6) is 0 Å². The third-order valence-corrected chi connectivity index (χ3v) is 2.52. The summed E-state index contributed by atoms with van der Waals surface area (Å²) in [5, 5.41) is 12.0. The largest absolute Gasteiger partial charge is 0.311 e. The number of nitriles is 1. The Labute approximate surface area is 102 Å². The van der Waals surface area contributed by atoms with Gasteiger partial charge in [-0.3, -0.25) is 0 Å². The zero-order valence-electron chi connectivity index (χ0n) is 9.54. The van der Waals surface area contributed by atoms with E-state index in [1.165, 1.54) is 11.1 Å². The molecule has 3 heteroatoms. The van der Waals surface area contributed by atoms with Gasteiger partial charge in [0.05, 0.1) is 6.07 Å². The molecule has 0 aliphatic heterocycles. The fourth-order valence-corrected chi connectivity index (χ4v) is 1.68. The molecule has 0 heterocycles. The number of hydrogen-bond donors (Lipinski definition) is 1. The van der Waals surface area contributed by atoms with E-state index in [0.717, 1.165) is 19.5 Å². The number of nitrogens with zero attached hydrogens (tertiary/aromatic N) is 1. The summed E-state index contributed by atoms with van der Waals surface area (Å²) in [6.07, 6.45) is 1.40. The number of aryl methyl sites for hydroxylation is 1. The van der Waals surface area contributed by atoms with Gasteiger partial charge in [0.2, 0.25) is 0 Å². The minimum Gasteiger partial charge on any atom is -0.311 e. The van der Waals surface area contributed by atoms with Crippen LogP contribution in [-0.4, -0.2) is 11.9 Å². The van der Waals surface area contributed by atoms with E-state index in [2.05, 4.69) is 23.5 Å². The van der Waals surface area contributed by atoms with Crippen molar-refractivity contribution in [1.29, 1.82) is 5.26 Å². The summed E-state index contributed by atoms with van der Waals surface area (Å²) < 4.78 is 0.